The molecule has 0 bridgehead atoms. The minimum Gasteiger partial charge on any atom is -0.423 e. The molecule has 1 N–H and O–H groups in total. The van der Waals surface area contributed by atoms with E-state index in [2.05, 4.69) is 34.5 Å². The van der Waals surface area contributed by atoms with E-state index in [1.807, 2.05) is 36.0 Å². The van der Waals surface area contributed by atoms with Gasteiger partial charge < -0.3 is 9.73 Å². The number of aromatic nitrogens is 4. The quantitative estimate of drug-likeness (QED) is 0.797. The molecule has 1 atom stereocenters. The summed E-state index contributed by atoms with van der Waals surface area (Å²) in [6, 6.07) is 8.22. The van der Waals surface area contributed by atoms with Crippen LogP contribution in [0.2, 0.25) is 0 Å². The molecule has 3 rings (SSSR count). The highest BCUT2D eigenvalue weighted by Crippen LogP contribution is 2.26. The van der Waals surface area contributed by atoms with Crippen molar-refractivity contribution in [3.63, 3.8) is 0 Å². The van der Waals surface area contributed by atoms with Crippen LogP contribution >= 0.6 is 0 Å². The second-order valence-electron chi connectivity index (χ2n) is 5.02. The highest BCUT2D eigenvalue weighted by molar-refractivity contribution is 5.62. The summed E-state index contributed by atoms with van der Waals surface area (Å²) in [5.41, 5.74) is 4.26. The van der Waals surface area contributed by atoms with Crippen molar-refractivity contribution in [1.29, 1.82) is 0 Å². The largest absolute Gasteiger partial charge is 0.423 e. The number of benzene rings is 1. The van der Waals surface area contributed by atoms with Gasteiger partial charge in [-0.2, -0.15) is 5.10 Å². The molecule has 3 aromatic rings. The fourth-order valence-electron chi connectivity index (χ4n) is 2.37. The van der Waals surface area contributed by atoms with Gasteiger partial charge in [0.05, 0.1) is 11.7 Å². The van der Waals surface area contributed by atoms with Gasteiger partial charge in [-0.15, -0.1) is 10.2 Å². The number of nitrogens with zero attached hydrogens (tertiary/aromatic N) is 4. The van der Waals surface area contributed by atoms with Crippen molar-refractivity contribution >= 4 is 5.69 Å². The van der Waals surface area contributed by atoms with Crippen molar-refractivity contribution in [2.45, 2.75) is 19.9 Å². The van der Waals surface area contributed by atoms with E-state index in [4.69, 9.17) is 4.42 Å². The van der Waals surface area contributed by atoms with Gasteiger partial charge in [0, 0.05) is 24.5 Å². The normalized spacial score (nSPS) is 12.3. The van der Waals surface area contributed by atoms with Crippen LogP contribution in [0.25, 0.3) is 11.5 Å². The van der Waals surface area contributed by atoms with Crippen molar-refractivity contribution < 1.29 is 4.42 Å². The van der Waals surface area contributed by atoms with E-state index in [9.17, 15) is 0 Å². The zero-order valence-corrected chi connectivity index (χ0v) is 12.2. The first-order chi connectivity index (χ1) is 10.1. The lowest BCUT2D eigenvalue weighted by Crippen LogP contribution is -2.12. The molecule has 21 heavy (non-hydrogen) atoms. The van der Waals surface area contributed by atoms with Crippen LogP contribution < -0.4 is 5.32 Å². The second-order valence-corrected chi connectivity index (χ2v) is 5.02. The lowest BCUT2D eigenvalue weighted by atomic mass is 10.1. The number of hydrogen-bond donors (Lipinski definition) is 1. The summed E-state index contributed by atoms with van der Waals surface area (Å²) in [7, 11) is 1.94. The molecule has 2 aromatic heterocycles. The first-order valence-electron chi connectivity index (χ1n) is 6.77. The zero-order valence-electron chi connectivity index (χ0n) is 12.2. The first-order valence-corrected chi connectivity index (χ1v) is 6.77. The van der Waals surface area contributed by atoms with Gasteiger partial charge in [-0.25, -0.2) is 0 Å². The molecule has 6 heteroatoms. The van der Waals surface area contributed by atoms with E-state index < -0.39 is 0 Å². The summed E-state index contributed by atoms with van der Waals surface area (Å²) in [5.74, 6) is 0.532. The molecular formula is C15H17N5O. The maximum absolute atomic E-state index is 5.22. The Hall–Kier alpha value is -2.63. The molecule has 0 aliphatic carbocycles. The smallest absolute Gasteiger partial charge is 0.247 e. The molecule has 108 valence electrons. The fraction of sp³-hybridized carbons (Fsp3) is 0.267. The van der Waals surface area contributed by atoms with E-state index in [-0.39, 0.29) is 6.04 Å². The number of nitrogens with one attached hydrogen (secondary N) is 1. The summed E-state index contributed by atoms with van der Waals surface area (Å²) in [4.78, 5) is 0. The van der Waals surface area contributed by atoms with Crippen LogP contribution in [0.5, 0.6) is 0 Å². The van der Waals surface area contributed by atoms with Crippen molar-refractivity contribution in [3.8, 4) is 11.5 Å². The maximum Gasteiger partial charge on any atom is 0.247 e. The predicted octanol–water partition coefficient (Wildman–Crippen LogP) is 2.95. The van der Waals surface area contributed by atoms with Crippen LogP contribution in [-0.4, -0.2) is 20.0 Å². The Morgan fingerprint density at radius 3 is 2.76 bits per heavy atom. The highest BCUT2D eigenvalue weighted by Gasteiger charge is 2.11. The molecule has 1 unspecified atom stereocenters. The van der Waals surface area contributed by atoms with E-state index in [1.165, 1.54) is 6.39 Å². The summed E-state index contributed by atoms with van der Waals surface area (Å²) in [6.07, 6.45) is 3.14. The zero-order chi connectivity index (χ0) is 14.8. The lowest BCUT2D eigenvalue weighted by molar-refractivity contribution is 0.568. The van der Waals surface area contributed by atoms with Gasteiger partial charge in [-0.05, 0) is 43.7 Å². The molecule has 0 aliphatic rings. The van der Waals surface area contributed by atoms with Gasteiger partial charge in [-0.3, -0.25) is 4.68 Å². The Labute approximate surface area is 122 Å². The molecule has 6 nitrogen and oxygen atoms in total. The monoisotopic (exact) mass is 283 g/mol. The van der Waals surface area contributed by atoms with Crippen molar-refractivity contribution in [1.82, 2.24) is 20.0 Å². The standard InChI is InChI=1S/C15H17N5O/c1-10-8-12(15-19-16-9-21-15)4-5-13(10)18-11(2)14-6-7-17-20(14)3/h4-9,11,18H,1-3H3. The van der Waals surface area contributed by atoms with E-state index in [0.29, 0.717) is 5.89 Å². The number of hydrogen-bond acceptors (Lipinski definition) is 5. The van der Waals surface area contributed by atoms with Crippen LogP contribution in [0.15, 0.2) is 41.3 Å². The van der Waals surface area contributed by atoms with Crippen LogP contribution in [0, 0.1) is 6.92 Å². The van der Waals surface area contributed by atoms with E-state index in [1.54, 1.807) is 6.20 Å². The average Bonchev–Trinajstić information content (AvgIpc) is 3.12. The third kappa shape index (κ3) is 2.65. The molecule has 0 spiro atoms. The highest BCUT2D eigenvalue weighted by atomic mass is 16.4. The molecule has 1 aromatic carbocycles. The molecule has 0 saturated carbocycles. The van der Waals surface area contributed by atoms with E-state index >= 15 is 0 Å². The third-order valence-electron chi connectivity index (χ3n) is 3.51. The predicted molar refractivity (Wildman–Crippen MR) is 79.7 cm³/mol. The molecule has 0 aliphatic heterocycles. The van der Waals surface area contributed by atoms with Crippen LogP contribution in [0.3, 0.4) is 0 Å². The van der Waals surface area contributed by atoms with Crippen molar-refractivity contribution in [2.24, 2.45) is 7.05 Å². The molecular weight excluding hydrogens is 266 g/mol. The Morgan fingerprint density at radius 2 is 2.14 bits per heavy atom. The van der Waals surface area contributed by atoms with Crippen LogP contribution in [0.1, 0.15) is 24.2 Å². The van der Waals surface area contributed by atoms with Crippen molar-refractivity contribution in [3.05, 3.63) is 48.1 Å². The minimum atomic E-state index is 0.172. The van der Waals surface area contributed by atoms with Gasteiger partial charge in [0.25, 0.3) is 0 Å². The third-order valence-corrected chi connectivity index (χ3v) is 3.51. The topological polar surface area (TPSA) is 68.8 Å². The SMILES string of the molecule is Cc1cc(-c2nnco2)ccc1NC(C)c1ccnn1C. The van der Waals surface area contributed by atoms with Crippen LogP contribution in [-0.2, 0) is 7.05 Å². The Balaban J connectivity index is 1.82. The second kappa shape index (κ2) is 5.40. The van der Waals surface area contributed by atoms with E-state index in [0.717, 1.165) is 22.5 Å². The van der Waals surface area contributed by atoms with Gasteiger partial charge in [0.2, 0.25) is 12.3 Å². The lowest BCUT2D eigenvalue weighted by Gasteiger charge is -2.17. The van der Waals surface area contributed by atoms with Gasteiger partial charge >= 0.3 is 0 Å². The molecule has 0 amide bonds. The average molecular weight is 283 g/mol. The first kappa shape index (κ1) is 13.4. The summed E-state index contributed by atoms with van der Waals surface area (Å²) >= 11 is 0. The van der Waals surface area contributed by atoms with Gasteiger partial charge in [0.1, 0.15) is 0 Å². The maximum atomic E-state index is 5.22. The number of rotatable bonds is 4. The van der Waals surface area contributed by atoms with Gasteiger partial charge in [-0.1, -0.05) is 0 Å². The van der Waals surface area contributed by atoms with Crippen LogP contribution in [0.4, 0.5) is 5.69 Å². The number of anilines is 1. The Kier molecular flexibility index (Phi) is 3.43. The fourth-order valence-corrected chi connectivity index (χ4v) is 2.37. The summed E-state index contributed by atoms with van der Waals surface area (Å²) in [6.45, 7) is 4.17. The molecule has 0 fully saturated rings. The molecule has 0 radical (unpaired) electrons. The molecule has 2 heterocycles. The summed E-state index contributed by atoms with van der Waals surface area (Å²) < 4.78 is 7.09. The minimum absolute atomic E-state index is 0.172. The molecule has 0 saturated heterocycles. The Bertz CT molecular complexity index is 732. The summed E-state index contributed by atoms with van der Waals surface area (Å²) in [5, 5.41) is 15.3. The van der Waals surface area contributed by atoms with Crippen molar-refractivity contribution in [2.75, 3.05) is 5.32 Å². The number of aryl methyl sites for hydroxylation is 2. The van der Waals surface area contributed by atoms with Gasteiger partial charge in [0.15, 0.2) is 0 Å². The Morgan fingerprint density at radius 1 is 1.29 bits per heavy atom.